The van der Waals surface area contributed by atoms with Gasteiger partial charge in [0.05, 0.1) is 0 Å². The molecule has 0 spiro atoms. The van der Waals surface area contributed by atoms with Crippen LogP contribution in [0.5, 0.6) is 0 Å². The lowest BCUT2D eigenvalue weighted by atomic mass is 10.2. The van der Waals surface area contributed by atoms with E-state index < -0.39 is 0 Å². The van der Waals surface area contributed by atoms with Crippen LogP contribution in [0.2, 0.25) is 0 Å². The summed E-state index contributed by atoms with van der Waals surface area (Å²) < 4.78 is 0. The lowest BCUT2D eigenvalue weighted by Gasteiger charge is -2.00. The molecule has 0 aliphatic rings. The van der Waals surface area contributed by atoms with Gasteiger partial charge in [-0.3, -0.25) is 4.98 Å². The van der Waals surface area contributed by atoms with Crippen molar-refractivity contribution < 1.29 is 0 Å². The fourth-order valence-corrected chi connectivity index (χ4v) is 1.56. The maximum Gasteiger partial charge on any atom is 0.0312 e. The standard InChI is InChI=1S/C15H16N2/c1-2-6-14(7-3-1)8-4-10-16-12-15-9-5-11-17-13-15/h1-9,11,13,16H,10,12H2/b8-4+. The molecule has 2 nitrogen and oxygen atoms in total. The molecule has 1 N–H and O–H groups in total. The predicted molar refractivity (Wildman–Crippen MR) is 71.4 cm³/mol. The second kappa shape index (κ2) is 6.61. The number of benzene rings is 1. The molecule has 0 unspecified atom stereocenters. The lowest BCUT2D eigenvalue weighted by molar-refractivity contribution is 0.758. The van der Waals surface area contributed by atoms with Gasteiger partial charge >= 0.3 is 0 Å². The van der Waals surface area contributed by atoms with Gasteiger partial charge in [0.15, 0.2) is 0 Å². The molecule has 1 heterocycles. The molecule has 0 aliphatic heterocycles. The number of hydrogen-bond donors (Lipinski definition) is 1. The summed E-state index contributed by atoms with van der Waals surface area (Å²) >= 11 is 0. The van der Waals surface area contributed by atoms with Crippen LogP contribution in [0.15, 0.2) is 60.9 Å². The van der Waals surface area contributed by atoms with E-state index >= 15 is 0 Å². The summed E-state index contributed by atoms with van der Waals surface area (Å²) in [5.41, 5.74) is 2.44. The average Bonchev–Trinajstić information content (AvgIpc) is 2.41. The highest BCUT2D eigenvalue weighted by atomic mass is 14.8. The Morgan fingerprint density at radius 1 is 1.06 bits per heavy atom. The van der Waals surface area contributed by atoms with Crippen LogP contribution in [-0.4, -0.2) is 11.5 Å². The molecule has 1 aromatic heterocycles. The van der Waals surface area contributed by atoms with Gasteiger partial charge in [-0.2, -0.15) is 0 Å². The summed E-state index contributed by atoms with van der Waals surface area (Å²) in [5.74, 6) is 0. The fraction of sp³-hybridized carbons (Fsp3) is 0.133. The van der Waals surface area contributed by atoms with Gasteiger partial charge in [-0.1, -0.05) is 48.6 Å². The van der Waals surface area contributed by atoms with Gasteiger partial charge in [0, 0.05) is 25.5 Å². The Morgan fingerprint density at radius 2 is 1.94 bits per heavy atom. The molecule has 0 amide bonds. The quantitative estimate of drug-likeness (QED) is 0.790. The summed E-state index contributed by atoms with van der Waals surface area (Å²) in [6.07, 6.45) is 7.93. The fourth-order valence-electron chi connectivity index (χ4n) is 1.56. The number of hydrogen-bond acceptors (Lipinski definition) is 2. The normalized spacial score (nSPS) is 10.8. The Hall–Kier alpha value is -1.93. The van der Waals surface area contributed by atoms with E-state index in [2.05, 4.69) is 40.7 Å². The minimum absolute atomic E-state index is 0.854. The van der Waals surface area contributed by atoms with Crippen LogP contribution >= 0.6 is 0 Å². The minimum Gasteiger partial charge on any atom is -0.309 e. The van der Waals surface area contributed by atoms with Gasteiger partial charge in [-0.15, -0.1) is 0 Å². The van der Waals surface area contributed by atoms with E-state index in [0.29, 0.717) is 0 Å². The van der Waals surface area contributed by atoms with Crippen LogP contribution in [-0.2, 0) is 6.54 Å². The number of pyridine rings is 1. The third-order valence-corrected chi connectivity index (χ3v) is 2.42. The van der Waals surface area contributed by atoms with Gasteiger partial charge in [0.25, 0.3) is 0 Å². The Balaban J connectivity index is 1.72. The van der Waals surface area contributed by atoms with Gasteiger partial charge in [0.1, 0.15) is 0 Å². The largest absolute Gasteiger partial charge is 0.309 e. The van der Waals surface area contributed by atoms with E-state index in [1.165, 1.54) is 11.1 Å². The number of nitrogens with one attached hydrogen (secondary N) is 1. The molecule has 0 atom stereocenters. The van der Waals surface area contributed by atoms with Crippen molar-refractivity contribution in [1.29, 1.82) is 0 Å². The van der Waals surface area contributed by atoms with Crippen LogP contribution in [0.4, 0.5) is 0 Å². The third-order valence-electron chi connectivity index (χ3n) is 2.42. The van der Waals surface area contributed by atoms with E-state index in [4.69, 9.17) is 0 Å². The molecule has 0 radical (unpaired) electrons. The van der Waals surface area contributed by atoms with Crippen molar-refractivity contribution in [3.63, 3.8) is 0 Å². The van der Waals surface area contributed by atoms with Crippen molar-refractivity contribution >= 4 is 6.08 Å². The Labute approximate surface area is 102 Å². The monoisotopic (exact) mass is 224 g/mol. The van der Waals surface area contributed by atoms with Crippen molar-refractivity contribution in [3.8, 4) is 0 Å². The van der Waals surface area contributed by atoms with E-state index in [1.54, 1.807) is 6.20 Å². The van der Waals surface area contributed by atoms with Crippen molar-refractivity contribution in [2.75, 3.05) is 6.54 Å². The maximum absolute atomic E-state index is 4.07. The van der Waals surface area contributed by atoms with Crippen molar-refractivity contribution in [2.45, 2.75) is 6.54 Å². The predicted octanol–water partition coefficient (Wildman–Crippen LogP) is 2.88. The zero-order valence-corrected chi connectivity index (χ0v) is 9.71. The summed E-state index contributed by atoms with van der Waals surface area (Å²) in [6.45, 7) is 1.72. The van der Waals surface area contributed by atoms with Gasteiger partial charge in [-0.25, -0.2) is 0 Å². The molecule has 0 fully saturated rings. The Morgan fingerprint density at radius 3 is 2.71 bits per heavy atom. The van der Waals surface area contributed by atoms with Gasteiger partial charge in [-0.05, 0) is 17.2 Å². The van der Waals surface area contributed by atoms with Crippen LogP contribution in [0.1, 0.15) is 11.1 Å². The minimum atomic E-state index is 0.854. The highest BCUT2D eigenvalue weighted by molar-refractivity contribution is 5.48. The second-order valence-corrected chi connectivity index (χ2v) is 3.81. The first kappa shape index (κ1) is 11.6. The molecule has 1 aromatic carbocycles. The van der Waals surface area contributed by atoms with Gasteiger partial charge in [0.2, 0.25) is 0 Å². The number of rotatable bonds is 5. The first-order valence-electron chi connectivity index (χ1n) is 5.76. The van der Waals surface area contributed by atoms with Crippen molar-refractivity contribution in [2.24, 2.45) is 0 Å². The Bertz CT molecular complexity index is 449. The molecule has 86 valence electrons. The van der Waals surface area contributed by atoms with Gasteiger partial charge < -0.3 is 5.32 Å². The second-order valence-electron chi connectivity index (χ2n) is 3.81. The molecule has 0 saturated heterocycles. The summed E-state index contributed by atoms with van der Waals surface area (Å²) in [5, 5.41) is 3.35. The molecule has 0 aliphatic carbocycles. The highest BCUT2D eigenvalue weighted by Gasteiger charge is 1.89. The van der Waals surface area contributed by atoms with Crippen molar-refractivity contribution in [1.82, 2.24) is 10.3 Å². The first-order chi connectivity index (χ1) is 8.45. The smallest absolute Gasteiger partial charge is 0.0312 e. The number of aromatic nitrogens is 1. The van der Waals surface area contributed by atoms with Crippen molar-refractivity contribution in [3.05, 3.63) is 72.1 Å². The zero-order chi connectivity index (χ0) is 11.8. The molecule has 17 heavy (non-hydrogen) atoms. The van der Waals surface area contributed by atoms with Crippen LogP contribution in [0.25, 0.3) is 6.08 Å². The highest BCUT2D eigenvalue weighted by Crippen LogP contribution is 2.00. The van der Waals surface area contributed by atoms with E-state index in [9.17, 15) is 0 Å². The van der Waals surface area contributed by atoms with Crippen LogP contribution in [0.3, 0.4) is 0 Å². The Kier molecular flexibility index (Phi) is 4.49. The summed E-state index contributed by atoms with van der Waals surface area (Å²) in [6, 6.07) is 14.3. The number of nitrogens with zero attached hydrogens (tertiary/aromatic N) is 1. The van der Waals surface area contributed by atoms with E-state index in [1.807, 2.05) is 30.5 Å². The van der Waals surface area contributed by atoms with Crippen LogP contribution in [0, 0.1) is 0 Å². The molecule has 2 rings (SSSR count). The maximum atomic E-state index is 4.07. The topological polar surface area (TPSA) is 24.9 Å². The summed E-state index contributed by atoms with van der Waals surface area (Å²) in [4.78, 5) is 4.07. The molecular formula is C15H16N2. The molecule has 0 bridgehead atoms. The average molecular weight is 224 g/mol. The lowest BCUT2D eigenvalue weighted by Crippen LogP contribution is -2.12. The third kappa shape index (κ3) is 4.21. The SMILES string of the molecule is C(=C\c1ccccc1)/CNCc1cccnc1. The zero-order valence-electron chi connectivity index (χ0n) is 9.71. The molecular weight excluding hydrogens is 208 g/mol. The summed E-state index contributed by atoms with van der Waals surface area (Å²) in [7, 11) is 0. The molecule has 2 heteroatoms. The van der Waals surface area contributed by atoms with E-state index in [0.717, 1.165) is 13.1 Å². The molecule has 2 aromatic rings. The first-order valence-corrected chi connectivity index (χ1v) is 5.76. The molecule has 0 saturated carbocycles. The van der Waals surface area contributed by atoms with E-state index in [-0.39, 0.29) is 0 Å². The van der Waals surface area contributed by atoms with Crippen LogP contribution < -0.4 is 5.32 Å².